The summed E-state index contributed by atoms with van der Waals surface area (Å²) in [6, 6.07) is 17.5. The fourth-order valence-corrected chi connectivity index (χ4v) is 3.41. The van der Waals surface area contributed by atoms with Crippen LogP contribution in [0.5, 0.6) is 0 Å². The lowest BCUT2D eigenvalue weighted by Crippen LogP contribution is -2.37. The van der Waals surface area contributed by atoms with Gasteiger partial charge in [-0.15, -0.1) is 11.8 Å². The molecular formula is C20H22N2O2S. The molecule has 2 aromatic rings. The molecule has 1 fully saturated rings. The third kappa shape index (κ3) is 4.63. The van der Waals surface area contributed by atoms with E-state index in [1.165, 1.54) is 5.56 Å². The number of nitrogens with zero attached hydrogens (tertiary/aromatic N) is 1. The molecule has 5 heteroatoms. The Labute approximate surface area is 152 Å². The molecule has 0 aromatic heterocycles. The van der Waals surface area contributed by atoms with Crippen molar-refractivity contribution in [1.29, 1.82) is 0 Å². The van der Waals surface area contributed by atoms with Crippen molar-refractivity contribution in [3.63, 3.8) is 0 Å². The number of amides is 2. The lowest BCUT2D eigenvalue weighted by molar-refractivity contribution is -0.127. The molecule has 0 bridgehead atoms. The lowest BCUT2D eigenvalue weighted by atomic mass is 10.1. The highest BCUT2D eigenvalue weighted by molar-refractivity contribution is 7.98. The Morgan fingerprint density at radius 1 is 1.16 bits per heavy atom. The Balaban J connectivity index is 1.52. The van der Waals surface area contributed by atoms with Gasteiger partial charge >= 0.3 is 0 Å². The number of nitrogens with one attached hydrogen (secondary N) is 1. The Morgan fingerprint density at radius 2 is 1.88 bits per heavy atom. The van der Waals surface area contributed by atoms with Gasteiger partial charge in [0.25, 0.3) is 5.91 Å². The average molecular weight is 354 g/mol. The molecule has 1 saturated heterocycles. The molecule has 2 aromatic carbocycles. The van der Waals surface area contributed by atoms with Crippen LogP contribution in [0.2, 0.25) is 0 Å². The second-order valence-corrected chi connectivity index (χ2v) is 7.06. The quantitative estimate of drug-likeness (QED) is 0.812. The topological polar surface area (TPSA) is 49.4 Å². The summed E-state index contributed by atoms with van der Waals surface area (Å²) >= 11 is 1.64. The first-order valence-corrected chi connectivity index (χ1v) is 9.65. The summed E-state index contributed by atoms with van der Waals surface area (Å²) < 4.78 is 0. The van der Waals surface area contributed by atoms with Crippen molar-refractivity contribution in [2.45, 2.75) is 23.8 Å². The molecule has 3 rings (SSSR count). The number of hydrogen-bond donors (Lipinski definition) is 1. The number of carbonyl (C=O) groups excluding carboxylic acids is 2. The van der Waals surface area contributed by atoms with Gasteiger partial charge in [-0.3, -0.25) is 9.59 Å². The van der Waals surface area contributed by atoms with Crippen LogP contribution < -0.4 is 5.32 Å². The van der Waals surface area contributed by atoms with E-state index in [0.29, 0.717) is 25.1 Å². The molecular weight excluding hydrogens is 332 g/mol. The normalized spacial score (nSPS) is 16.9. The minimum atomic E-state index is -0.115. The van der Waals surface area contributed by atoms with E-state index in [2.05, 4.69) is 17.4 Å². The van der Waals surface area contributed by atoms with E-state index in [-0.39, 0.29) is 17.9 Å². The first kappa shape index (κ1) is 17.5. The minimum absolute atomic E-state index is 0.110. The van der Waals surface area contributed by atoms with E-state index in [4.69, 9.17) is 0 Å². The maximum Gasteiger partial charge on any atom is 0.251 e. The highest BCUT2D eigenvalue weighted by Crippen LogP contribution is 2.16. The maximum atomic E-state index is 12.3. The molecule has 0 aliphatic carbocycles. The van der Waals surface area contributed by atoms with Crippen molar-refractivity contribution in [2.75, 3.05) is 19.3 Å². The molecule has 0 saturated carbocycles. The lowest BCUT2D eigenvalue weighted by Gasteiger charge is -2.17. The Kier molecular flexibility index (Phi) is 5.76. The number of hydrogen-bond acceptors (Lipinski definition) is 3. The zero-order valence-corrected chi connectivity index (χ0v) is 15.1. The van der Waals surface area contributed by atoms with Crippen molar-refractivity contribution in [2.24, 2.45) is 0 Å². The Morgan fingerprint density at radius 3 is 2.56 bits per heavy atom. The van der Waals surface area contributed by atoms with E-state index >= 15 is 0 Å². The van der Waals surface area contributed by atoms with Gasteiger partial charge in [0.15, 0.2) is 0 Å². The predicted molar refractivity (Wildman–Crippen MR) is 101 cm³/mol. The minimum Gasteiger partial charge on any atom is -0.347 e. The van der Waals surface area contributed by atoms with Gasteiger partial charge in [-0.2, -0.15) is 0 Å². The van der Waals surface area contributed by atoms with Gasteiger partial charge in [0, 0.05) is 30.0 Å². The summed E-state index contributed by atoms with van der Waals surface area (Å²) in [6.07, 6.45) is 3.22. The number of likely N-dealkylation sites (tertiary alicyclic amines) is 1. The smallest absolute Gasteiger partial charge is 0.251 e. The largest absolute Gasteiger partial charge is 0.347 e. The van der Waals surface area contributed by atoms with E-state index in [1.807, 2.05) is 53.6 Å². The zero-order valence-electron chi connectivity index (χ0n) is 14.3. The molecule has 1 atom stereocenters. The SMILES string of the molecule is CSc1ccc(C(=O)N[C@H]2CC(=O)N(CCc3ccccc3)C2)cc1. The molecule has 1 aliphatic heterocycles. The van der Waals surface area contributed by atoms with Gasteiger partial charge in [0.05, 0.1) is 6.04 Å². The van der Waals surface area contributed by atoms with Crippen LogP contribution in [0.15, 0.2) is 59.5 Å². The van der Waals surface area contributed by atoms with Crippen LogP contribution in [0.4, 0.5) is 0 Å². The van der Waals surface area contributed by atoms with Crippen molar-refractivity contribution >= 4 is 23.6 Å². The molecule has 25 heavy (non-hydrogen) atoms. The molecule has 2 amide bonds. The third-order valence-corrected chi connectivity index (χ3v) is 5.16. The second kappa shape index (κ2) is 8.21. The Hall–Kier alpha value is -2.27. The summed E-state index contributed by atoms with van der Waals surface area (Å²) in [5, 5.41) is 2.98. The van der Waals surface area contributed by atoms with Crippen LogP contribution in [0.25, 0.3) is 0 Å². The highest BCUT2D eigenvalue weighted by atomic mass is 32.2. The molecule has 130 valence electrons. The number of rotatable bonds is 6. The number of benzene rings is 2. The average Bonchev–Trinajstić information content (AvgIpc) is 3.00. The number of carbonyl (C=O) groups is 2. The fraction of sp³-hybridized carbons (Fsp3) is 0.300. The van der Waals surface area contributed by atoms with Crippen LogP contribution in [0, 0.1) is 0 Å². The van der Waals surface area contributed by atoms with Crippen LogP contribution >= 0.6 is 11.8 Å². The summed E-state index contributed by atoms with van der Waals surface area (Å²) in [5.41, 5.74) is 1.85. The molecule has 1 N–H and O–H groups in total. The number of thioether (sulfide) groups is 1. The van der Waals surface area contributed by atoms with Gasteiger partial charge in [-0.05, 0) is 42.5 Å². The van der Waals surface area contributed by atoms with Gasteiger partial charge in [-0.25, -0.2) is 0 Å². The van der Waals surface area contributed by atoms with Crippen molar-refractivity contribution in [3.05, 3.63) is 65.7 Å². The highest BCUT2D eigenvalue weighted by Gasteiger charge is 2.30. The summed E-state index contributed by atoms with van der Waals surface area (Å²) in [7, 11) is 0. The van der Waals surface area contributed by atoms with Gasteiger partial charge in [0.2, 0.25) is 5.91 Å². The maximum absolute atomic E-state index is 12.3. The van der Waals surface area contributed by atoms with E-state index in [0.717, 1.165) is 11.3 Å². The van der Waals surface area contributed by atoms with E-state index in [9.17, 15) is 9.59 Å². The molecule has 0 spiro atoms. The summed E-state index contributed by atoms with van der Waals surface area (Å²) in [5.74, 6) is -0.00526. The van der Waals surface area contributed by atoms with Crippen molar-refractivity contribution in [3.8, 4) is 0 Å². The van der Waals surface area contributed by atoms with Gasteiger partial charge < -0.3 is 10.2 Å². The van der Waals surface area contributed by atoms with E-state index < -0.39 is 0 Å². The molecule has 4 nitrogen and oxygen atoms in total. The third-order valence-electron chi connectivity index (χ3n) is 4.42. The molecule has 0 radical (unpaired) electrons. The van der Waals surface area contributed by atoms with Gasteiger partial charge in [-0.1, -0.05) is 30.3 Å². The molecule has 1 aliphatic rings. The standard InChI is InChI=1S/C20H22N2O2S/c1-25-18-9-7-16(8-10-18)20(24)21-17-13-19(23)22(14-17)12-11-15-5-3-2-4-6-15/h2-10,17H,11-14H2,1H3,(H,21,24)/t17-/m0/s1. The Bertz CT molecular complexity index is 731. The van der Waals surface area contributed by atoms with Gasteiger partial charge in [0.1, 0.15) is 0 Å². The van der Waals surface area contributed by atoms with Crippen molar-refractivity contribution in [1.82, 2.24) is 10.2 Å². The molecule has 1 heterocycles. The summed E-state index contributed by atoms with van der Waals surface area (Å²) in [4.78, 5) is 27.5. The van der Waals surface area contributed by atoms with Crippen LogP contribution in [0.3, 0.4) is 0 Å². The first-order valence-electron chi connectivity index (χ1n) is 8.42. The first-order chi connectivity index (χ1) is 12.2. The van der Waals surface area contributed by atoms with Crippen LogP contribution in [0.1, 0.15) is 22.3 Å². The zero-order chi connectivity index (χ0) is 17.6. The molecule has 0 unspecified atom stereocenters. The summed E-state index contributed by atoms with van der Waals surface area (Å²) in [6.45, 7) is 1.28. The van der Waals surface area contributed by atoms with E-state index in [1.54, 1.807) is 11.8 Å². The monoisotopic (exact) mass is 354 g/mol. The fourth-order valence-electron chi connectivity index (χ4n) is 3.00. The second-order valence-electron chi connectivity index (χ2n) is 6.18. The van der Waals surface area contributed by atoms with Crippen LogP contribution in [-0.4, -0.2) is 42.1 Å². The van der Waals surface area contributed by atoms with Crippen molar-refractivity contribution < 1.29 is 9.59 Å². The van der Waals surface area contributed by atoms with Crippen LogP contribution in [-0.2, 0) is 11.2 Å². The predicted octanol–water partition coefficient (Wildman–Crippen LogP) is 2.98.